The summed E-state index contributed by atoms with van der Waals surface area (Å²) in [6, 6.07) is 0. The molecular weight excluding hydrogens is 348 g/mol. The van der Waals surface area contributed by atoms with Crippen molar-refractivity contribution in [3.8, 4) is 0 Å². The van der Waals surface area contributed by atoms with Crippen LogP contribution in [0.15, 0.2) is 4.52 Å². The monoisotopic (exact) mass is 380 g/mol. The molecule has 1 aliphatic heterocycles. The highest BCUT2D eigenvalue weighted by Crippen LogP contribution is 2.37. The Morgan fingerprint density at radius 3 is 2.59 bits per heavy atom. The first kappa shape index (κ1) is 21.4. The average Bonchev–Trinajstić information content (AvgIpc) is 3.45. The average molecular weight is 380 g/mol. The van der Waals surface area contributed by atoms with Crippen molar-refractivity contribution < 1.29 is 24.0 Å². The molecular formula is C20H32N2O5. The molecule has 0 spiro atoms. The van der Waals surface area contributed by atoms with E-state index in [4.69, 9.17) is 19.2 Å². The Balaban J connectivity index is 0.000000817. The maximum absolute atomic E-state index is 12.7. The van der Waals surface area contributed by atoms with E-state index < -0.39 is 0 Å². The number of morpholine rings is 1. The second kappa shape index (κ2) is 10.4. The van der Waals surface area contributed by atoms with Crippen molar-refractivity contribution in [2.75, 3.05) is 13.1 Å². The van der Waals surface area contributed by atoms with E-state index in [1.165, 1.54) is 25.7 Å². The van der Waals surface area contributed by atoms with Crippen molar-refractivity contribution >= 4 is 12.4 Å². The summed E-state index contributed by atoms with van der Waals surface area (Å²) in [5.74, 6) is 1.75. The molecule has 0 bridgehead atoms. The molecule has 1 amide bonds. The number of ether oxygens (including phenoxy) is 1. The third-order valence-electron chi connectivity index (χ3n) is 5.34. The van der Waals surface area contributed by atoms with Gasteiger partial charge in [-0.15, -0.1) is 0 Å². The second-order valence-corrected chi connectivity index (χ2v) is 7.48. The maximum Gasteiger partial charge on any atom is 0.290 e. The van der Waals surface area contributed by atoms with Gasteiger partial charge in [-0.2, -0.15) is 0 Å². The Bertz CT molecular complexity index is 592. The van der Waals surface area contributed by atoms with Gasteiger partial charge < -0.3 is 19.3 Å². The molecule has 2 heterocycles. The topological polar surface area (TPSA) is 92.9 Å². The van der Waals surface area contributed by atoms with Crippen LogP contribution in [0.25, 0.3) is 0 Å². The lowest BCUT2D eigenvalue weighted by molar-refractivity contribution is -0.148. The van der Waals surface area contributed by atoms with Gasteiger partial charge in [-0.1, -0.05) is 24.9 Å². The van der Waals surface area contributed by atoms with Crippen molar-refractivity contribution in [2.24, 2.45) is 5.92 Å². The molecule has 3 rings (SSSR count). The molecule has 7 nitrogen and oxygen atoms in total. The number of hydrogen-bond acceptors (Lipinski definition) is 5. The lowest BCUT2D eigenvalue weighted by Gasteiger charge is -2.38. The van der Waals surface area contributed by atoms with E-state index in [2.05, 4.69) is 12.1 Å². The van der Waals surface area contributed by atoms with Crippen LogP contribution in [0.2, 0.25) is 0 Å². The summed E-state index contributed by atoms with van der Waals surface area (Å²) in [5.41, 5.74) is 1.98. The molecule has 1 N–H and O–H groups in total. The molecule has 1 saturated heterocycles. The van der Waals surface area contributed by atoms with E-state index in [0.29, 0.717) is 18.8 Å². The predicted octanol–water partition coefficient (Wildman–Crippen LogP) is 3.12. The Labute approximate surface area is 161 Å². The summed E-state index contributed by atoms with van der Waals surface area (Å²) >= 11 is 0. The van der Waals surface area contributed by atoms with Crippen molar-refractivity contribution in [1.29, 1.82) is 0 Å². The minimum Gasteiger partial charge on any atom is -0.483 e. The molecule has 1 aromatic heterocycles. The second-order valence-electron chi connectivity index (χ2n) is 7.48. The quantitative estimate of drug-likeness (QED) is 0.731. The van der Waals surface area contributed by atoms with Crippen LogP contribution in [-0.2, 0) is 20.7 Å². The van der Waals surface area contributed by atoms with Crippen LogP contribution >= 0.6 is 0 Å². The molecule has 27 heavy (non-hydrogen) atoms. The first-order valence-electron chi connectivity index (χ1n) is 9.92. The number of hydrogen-bond donors (Lipinski definition) is 1. The van der Waals surface area contributed by atoms with Crippen molar-refractivity contribution in [3.63, 3.8) is 0 Å². The molecule has 2 atom stereocenters. The van der Waals surface area contributed by atoms with Gasteiger partial charge in [-0.05, 0) is 45.4 Å². The number of carbonyl (C=O) groups is 2. The highest BCUT2D eigenvalue weighted by Gasteiger charge is 2.39. The first-order chi connectivity index (χ1) is 13.0. The van der Waals surface area contributed by atoms with Gasteiger partial charge in [0.15, 0.2) is 0 Å². The standard InChI is InChI=1S/C19H30N2O3.CH2O2/c1-4-5-6-16-11-21(12-18(23-16)15-7-8-15)19(22)10-9-17-13(2)20-24-14(17)3;2-1-3/h15-16,18H,4-12H2,1-3H3;1H,(H,2,3)/t16-,18-;/m1./s1. The number of carboxylic acid groups (broad SMARTS) is 1. The molecule has 1 saturated carbocycles. The highest BCUT2D eigenvalue weighted by atomic mass is 16.5. The molecule has 1 aliphatic carbocycles. The molecule has 1 aromatic rings. The number of aryl methyl sites for hydroxylation is 2. The van der Waals surface area contributed by atoms with E-state index in [1.807, 2.05) is 18.7 Å². The zero-order valence-corrected chi connectivity index (χ0v) is 16.6. The predicted molar refractivity (Wildman–Crippen MR) is 100 cm³/mol. The van der Waals surface area contributed by atoms with Crippen molar-refractivity contribution in [3.05, 3.63) is 17.0 Å². The fourth-order valence-corrected chi connectivity index (χ4v) is 3.64. The minimum absolute atomic E-state index is 0.215. The number of carbonyl (C=O) groups excluding carboxylic acids is 1. The van der Waals surface area contributed by atoms with E-state index >= 15 is 0 Å². The van der Waals surface area contributed by atoms with Crippen LogP contribution in [0.1, 0.15) is 62.5 Å². The number of rotatable bonds is 7. The smallest absolute Gasteiger partial charge is 0.290 e. The summed E-state index contributed by atoms with van der Waals surface area (Å²) in [6.07, 6.45) is 7.63. The highest BCUT2D eigenvalue weighted by molar-refractivity contribution is 5.76. The fourth-order valence-electron chi connectivity index (χ4n) is 3.64. The molecule has 2 fully saturated rings. The molecule has 0 unspecified atom stereocenters. The molecule has 7 heteroatoms. The number of aromatic nitrogens is 1. The van der Waals surface area contributed by atoms with E-state index in [9.17, 15) is 4.79 Å². The summed E-state index contributed by atoms with van der Waals surface area (Å²) in [6.45, 7) is 7.33. The fraction of sp³-hybridized carbons (Fsp3) is 0.750. The lowest BCUT2D eigenvalue weighted by Crippen LogP contribution is -2.50. The van der Waals surface area contributed by atoms with Gasteiger partial charge in [0, 0.05) is 25.1 Å². The largest absolute Gasteiger partial charge is 0.483 e. The summed E-state index contributed by atoms with van der Waals surface area (Å²) < 4.78 is 11.5. The molecule has 0 aromatic carbocycles. The summed E-state index contributed by atoms with van der Waals surface area (Å²) in [4.78, 5) is 23.2. The van der Waals surface area contributed by atoms with Crippen molar-refractivity contribution in [1.82, 2.24) is 10.1 Å². The SMILES string of the molecule is CCCC[C@@H]1CN(C(=O)CCc2c(C)noc2C)C[C@H](C2CC2)O1.O=CO. The van der Waals surface area contributed by atoms with Gasteiger partial charge in [0.05, 0.1) is 17.9 Å². The van der Waals surface area contributed by atoms with E-state index in [1.54, 1.807) is 0 Å². The minimum atomic E-state index is -0.250. The van der Waals surface area contributed by atoms with E-state index in [0.717, 1.165) is 36.5 Å². The maximum atomic E-state index is 12.7. The molecule has 152 valence electrons. The Kier molecular flexibility index (Phi) is 8.28. The van der Waals surface area contributed by atoms with Gasteiger partial charge in [0.1, 0.15) is 5.76 Å². The van der Waals surface area contributed by atoms with Crippen LogP contribution in [-0.4, -0.2) is 52.8 Å². The summed E-state index contributed by atoms with van der Waals surface area (Å²) in [7, 11) is 0. The number of unbranched alkanes of at least 4 members (excludes halogenated alkanes) is 1. The van der Waals surface area contributed by atoms with Crippen molar-refractivity contribution in [2.45, 2.75) is 77.9 Å². The van der Waals surface area contributed by atoms with Crippen LogP contribution < -0.4 is 0 Å². The normalized spacial score (nSPS) is 22.1. The Hall–Kier alpha value is -1.89. The lowest BCUT2D eigenvalue weighted by atomic mass is 10.0. The van der Waals surface area contributed by atoms with Crippen LogP contribution in [0.3, 0.4) is 0 Å². The van der Waals surface area contributed by atoms with Crippen LogP contribution in [0.4, 0.5) is 0 Å². The van der Waals surface area contributed by atoms with Crippen LogP contribution in [0, 0.1) is 19.8 Å². The zero-order valence-electron chi connectivity index (χ0n) is 16.6. The van der Waals surface area contributed by atoms with Gasteiger partial charge in [0.2, 0.25) is 5.91 Å². The van der Waals surface area contributed by atoms with E-state index in [-0.39, 0.29) is 24.6 Å². The number of amides is 1. The zero-order chi connectivity index (χ0) is 19.8. The van der Waals surface area contributed by atoms with Gasteiger partial charge in [-0.3, -0.25) is 9.59 Å². The first-order valence-corrected chi connectivity index (χ1v) is 9.92. The van der Waals surface area contributed by atoms with Crippen LogP contribution in [0.5, 0.6) is 0 Å². The molecule has 2 aliphatic rings. The van der Waals surface area contributed by atoms with Gasteiger partial charge in [0.25, 0.3) is 6.47 Å². The third-order valence-corrected chi connectivity index (χ3v) is 5.34. The number of nitrogens with zero attached hydrogens (tertiary/aromatic N) is 2. The third kappa shape index (κ3) is 6.34. The van der Waals surface area contributed by atoms with Gasteiger partial charge in [-0.25, -0.2) is 0 Å². The Morgan fingerprint density at radius 2 is 2.04 bits per heavy atom. The Morgan fingerprint density at radius 1 is 1.33 bits per heavy atom. The molecule has 0 radical (unpaired) electrons. The van der Waals surface area contributed by atoms with Gasteiger partial charge >= 0.3 is 0 Å². The summed E-state index contributed by atoms with van der Waals surface area (Å²) in [5, 5.41) is 10.9.